The maximum absolute atomic E-state index is 12.0. The van der Waals surface area contributed by atoms with Gasteiger partial charge in [0, 0.05) is 6.07 Å². The Balaban J connectivity index is 1.80. The standard InChI is InChI=1S/C20H18N2O2/c1-24-19-12-8-16(9-13-19)7-10-18-11-14-20(23)22(21-18)15-17-5-3-2-4-6-17/h2-14H,15H2,1H3. The molecule has 0 atom stereocenters. The summed E-state index contributed by atoms with van der Waals surface area (Å²) in [6.07, 6.45) is 3.85. The molecule has 0 aliphatic rings. The fourth-order valence-electron chi connectivity index (χ4n) is 2.32. The molecule has 0 aliphatic carbocycles. The van der Waals surface area contributed by atoms with Gasteiger partial charge in [-0.05, 0) is 35.4 Å². The Morgan fingerprint density at radius 3 is 2.42 bits per heavy atom. The first-order chi connectivity index (χ1) is 11.7. The second kappa shape index (κ2) is 7.42. The predicted octanol–water partition coefficient (Wildman–Crippen LogP) is 3.47. The molecule has 24 heavy (non-hydrogen) atoms. The van der Waals surface area contributed by atoms with E-state index in [4.69, 9.17) is 4.74 Å². The molecule has 0 saturated heterocycles. The molecule has 0 unspecified atom stereocenters. The molecule has 0 aliphatic heterocycles. The van der Waals surface area contributed by atoms with Gasteiger partial charge in [-0.3, -0.25) is 4.79 Å². The molecule has 1 heterocycles. The molecule has 3 rings (SSSR count). The zero-order chi connectivity index (χ0) is 16.8. The first kappa shape index (κ1) is 15.7. The number of ether oxygens (including phenoxy) is 1. The highest BCUT2D eigenvalue weighted by Gasteiger charge is 2.00. The Morgan fingerprint density at radius 2 is 1.71 bits per heavy atom. The molecule has 0 saturated carbocycles. The predicted molar refractivity (Wildman–Crippen MR) is 96.0 cm³/mol. The van der Waals surface area contributed by atoms with Crippen molar-refractivity contribution in [2.24, 2.45) is 0 Å². The van der Waals surface area contributed by atoms with Crippen molar-refractivity contribution in [1.29, 1.82) is 0 Å². The topological polar surface area (TPSA) is 44.1 Å². The largest absolute Gasteiger partial charge is 0.497 e. The van der Waals surface area contributed by atoms with Crippen LogP contribution in [0.25, 0.3) is 12.2 Å². The van der Waals surface area contributed by atoms with E-state index in [2.05, 4.69) is 5.10 Å². The number of rotatable bonds is 5. The number of aromatic nitrogens is 2. The zero-order valence-corrected chi connectivity index (χ0v) is 13.4. The van der Waals surface area contributed by atoms with Crippen LogP contribution in [0.1, 0.15) is 16.8 Å². The van der Waals surface area contributed by atoms with E-state index in [9.17, 15) is 4.79 Å². The number of benzene rings is 2. The summed E-state index contributed by atoms with van der Waals surface area (Å²) in [4.78, 5) is 12.0. The normalized spacial score (nSPS) is 10.9. The average molecular weight is 318 g/mol. The first-order valence-electron chi connectivity index (χ1n) is 7.69. The second-order valence-electron chi connectivity index (χ2n) is 5.35. The Labute approximate surface area is 140 Å². The van der Waals surface area contributed by atoms with Gasteiger partial charge in [-0.15, -0.1) is 0 Å². The summed E-state index contributed by atoms with van der Waals surface area (Å²) >= 11 is 0. The monoisotopic (exact) mass is 318 g/mol. The van der Waals surface area contributed by atoms with Crippen molar-refractivity contribution in [2.75, 3.05) is 7.11 Å². The van der Waals surface area contributed by atoms with Crippen LogP contribution in [0.3, 0.4) is 0 Å². The van der Waals surface area contributed by atoms with Gasteiger partial charge in [0.1, 0.15) is 5.75 Å². The van der Waals surface area contributed by atoms with Gasteiger partial charge in [-0.2, -0.15) is 5.10 Å². The summed E-state index contributed by atoms with van der Waals surface area (Å²) in [6, 6.07) is 20.8. The van der Waals surface area contributed by atoms with E-state index in [1.807, 2.05) is 66.7 Å². The molecule has 4 nitrogen and oxygen atoms in total. The molecule has 0 spiro atoms. The third-order valence-corrected chi connectivity index (χ3v) is 3.62. The number of methoxy groups -OCH3 is 1. The smallest absolute Gasteiger partial charge is 0.267 e. The summed E-state index contributed by atoms with van der Waals surface area (Å²) in [6.45, 7) is 0.462. The number of hydrogen-bond donors (Lipinski definition) is 0. The minimum atomic E-state index is -0.111. The zero-order valence-electron chi connectivity index (χ0n) is 13.4. The molecule has 0 fully saturated rings. The van der Waals surface area contributed by atoms with Crippen LogP contribution < -0.4 is 10.3 Å². The molecule has 120 valence electrons. The molecular formula is C20H18N2O2. The highest BCUT2D eigenvalue weighted by atomic mass is 16.5. The molecule has 1 aromatic heterocycles. The summed E-state index contributed by atoms with van der Waals surface area (Å²) in [7, 11) is 1.64. The lowest BCUT2D eigenvalue weighted by molar-refractivity contribution is 0.415. The molecular weight excluding hydrogens is 300 g/mol. The van der Waals surface area contributed by atoms with Gasteiger partial charge >= 0.3 is 0 Å². The van der Waals surface area contributed by atoms with Crippen molar-refractivity contribution in [2.45, 2.75) is 6.54 Å². The summed E-state index contributed by atoms with van der Waals surface area (Å²) in [5, 5.41) is 4.41. The average Bonchev–Trinajstić information content (AvgIpc) is 2.63. The Morgan fingerprint density at radius 1 is 0.958 bits per heavy atom. The van der Waals surface area contributed by atoms with Gasteiger partial charge in [0.05, 0.1) is 19.3 Å². The van der Waals surface area contributed by atoms with Crippen LogP contribution in [0.4, 0.5) is 0 Å². The SMILES string of the molecule is COc1ccc(C=Cc2ccc(=O)n(Cc3ccccc3)n2)cc1. The van der Waals surface area contributed by atoms with Gasteiger partial charge in [-0.1, -0.05) is 48.5 Å². The van der Waals surface area contributed by atoms with E-state index in [0.717, 1.165) is 22.6 Å². The fourth-order valence-corrected chi connectivity index (χ4v) is 2.32. The van der Waals surface area contributed by atoms with Gasteiger partial charge in [0.2, 0.25) is 0 Å². The van der Waals surface area contributed by atoms with Crippen molar-refractivity contribution in [3.05, 3.63) is 93.9 Å². The highest BCUT2D eigenvalue weighted by Crippen LogP contribution is 2.13. The quantitative estimate of drug-likeness (QED) is 0.723. The third-order valence-electron chi connectivity index (χ3n) is 3.62. The third kappa shape index (κ3) is 3.98. The second-order valence-corrected chi connectivity index (χ2v) is 5.35. The molecule has 0 amide bonds. The molecule has 0 bridgehead atoms. The van der Waals surface area contributed by atoms with Crippen LogP contribution in [0.2, 0.25) is 0 Å². The Kier molecular flexibility index (Phi) is 4.87. The minimum absolute atomic E-state index is 0.111. The van der Waals surface area contributed by atoms with Crippen LogP contribution >= 0.6 is 0 Å². The number of hydrogen-bond acceptors (Lipinski definition) is 3. The van der Waals surface area contributed by atoms with E-state index in [1.165, 1.54) is 4.68 Å². The van der Waals surface area contributed by atoms with E-state index < -0.39 is 0 Å². The van der Waals surface area contributed by atoms with Gasteiger partial charge in [-0.25, -0.2) is 4.68 Å². The van der Waals surface area contributed by atoms with E-state index >= 15 is 0 Å². The van der Waals surface area contributed by atoms with E-state index in [-0.39, 0.29) is 5.56 Å². The summed E-state index contributed by atoms with van der Waals surface area (Å²) in [5.74, 6) is 0.821. The minimum Gasteiger partial charge on any atom is -0.497 e. The van der Waals surface area contributed by atoms with Crippen LogP contribution in [-0.4, -0.2) is 16.9 Å². The molecule has 3 aromatic rings. The molecule has 0 radical (unpaired) electrons. The maximum atomic E-state index is 12.0. The van der Waals surface area contributed by atoms with Gasteiger partial charge < -0.3 is 4.74 Å². The molecule has 2 aromatic carbocycles. The number of nitrogens with zero attached hydrogens (tertiary/aromatic N) is 2. The summed E-state index contributed by atoms with van der Waals surface area (Å²) in [5.41, 5.74) is 2.71. The van der Waals surface area contributed by atoms with E-state index in [1.54, 1.807) is 19.2 Å². The maximum Gasteiger partial charge on any atom is 0.267 e. The molecule has 0 N–H and O–H groups in total. The Hall–Kier alpha value is -3.14. The van der Waals surface area contributed by atoms with Crippen molar-refractivity contribution in [3.63, 3.8) is 0 Å². The van der Waals surface area contributed by atoms with Crippen molar-refractivity contribution in [3.8, 4) is 5.75 Å². The lowest BCUT2D eigenvalue weighted by atomic mass is 10.2. The van der Waals surface area contributed by atoms with E-state index in [0.29, 0.717) is 6.54 Å². The van der Waals surface area contributed by atoms with Crippen molar-refractivity contribution < 1.29 is 4.74 Å². The van der Waals surface area contributed by atoms with Gasteiger partial charge in [0.15, 0.2) is 0 Å². The summed E-state index contributed by atoms with van der Waals surface area (Å²) < 4.78 is 6.62. The van der Waals surface area contributed by atoms with Crippen LogP contribution in [-0.2, 0) is 6.54 Å². The Bertz CT molecular complexity index is 882. The fraction of sp³-hybridized carbons (Fsp3) is 0.100. The highest BCUT2D eigenvalue weighted by molar-refractivity contribution is 5.67. The van der Waals surface area contributed by atoms with Gasteiger partial charge in [0.25, 0.3) is 5.56 Å². The van der Waals surface area contributed by atoms with Crippen LogP contribution in [0.5, 0.6) is 5.75 Å². The lowest BCUT2D eigenvalue weighted by Crippen LogP contribution is -2.22. The lowest BCUT2D eigenvalue weighted by Gasteiger charge is -2.05. The van der Waals surface area contributed by atoms with Crippen LogP contribution in [0.15, 0.2) is 71.5 Å². The van der Waals surface area contributed by atoms with Crippen LogP contribution in [0, 0.1) is 0 Å². The van der Waals surface area contributed by atoms with Crippen molar-refractivity contribution >= 4 is 12.2 Å². The van der Waals surface area contributed by atoms with Crippen molar-refractivity contribution in [1.82, 2.24) is 9.78 Å². The first-order valence-corrected chi connectivity index (χ1v) is 7.69. The molecule has 4 heteroatoms.